The monoisotopic (exact) mass is 656 g/mol. The minimum atomic E-state index is -3.63. The molecule has 1 N–H and O–H groups in total. The molecule has 2 aliphatic carbocycles. The standard InChI is InChI=1S/C33H40N2O10S/c36-27-17-33(32(39)40)16-23(33)7-4-2-1-3-5-8-25(35-9-6-10-46(35,41)42)30(37)34-18-24(15-26(27)34)45-31(38)22-11-20-13-28-29(44-19-43-28)14-21(20)12-22/h4,7,13-14,22-26H,1-3,5-6,8-12,15-19H2,(H,39,40)/b7-4-/t23-,24-,25+,26+,33-/m1/s1. The van der Waals surface area contributed by atoms with Crippen LogP contribution in [0.4, 0.5) is 0 Å². The number of carboxylic acid groups (broad SMARTS) is 1. The summed E-state index contributed by atoms with van der Waals surface area (Å²) < 4.78 is 44.2. The Morgan fingerprint density at radius 2 is 1.74 bits per heavy atom. The molecule has 0 aromatic heterocycles. The molecule has 248 valence electrons. The molecule has 4 heterocycles. The Kier molecular flexibility index (Phi) is 8.11. The number of carbonyl (C=O) groups excluding carboxylic acids is 3. The number of nitrogens with zero attached hydrogens (tertiary/aromatic N) is 2. The van der Waals surface area contributed by atoms with Gasteiger partial charge >= 0.3 is 11.9 Å². The summed E-state index contributed by atoms with van der Waals surface area (Å²) in [6.45, 7) is 0.346. The second-order valence-electron chi connectivity index (χ2n) is 13.7. The topological polar surface area (TPSA) is 157 Å². The highest BCUT2D eigenvalue weighted by Gasteiger charge is 2.61. The van der Waals surface area contributed by atoms with Crippen molar-refractivity contribution < 1.29 is 46.9 Å². The zero-order chi connectivity index (χ0) is 32.2. The first kappa shape index (κ1) is 31.2. The van der Waals surface area contributed by atoms with Crippen LogP contribution in [0.2, 0.25) is 0 Å². The van der Waals surface area contributed by atoms with Crippen molar-refractivity contribution >= 4 is 33.7 Å². The fraction of sp³-hybridized carbons (Fsp3) is 0.636. The minimum absolute atomic E-state index is 0.0301. The third-order valence-corrected chi connectivity index (χ3v) is 12.7. The lowest BCUT2D eigenvalue weighted by molar-refractivity contribution is -0.154. The lowest BCUT2D eigenvalue weighted by Gasteiger charge is -2.32. The van der Waals surface area contributed by atoms with Crippen molar-refractivity contribution in [2.45, 2.75) is 88.8 Å². The summed E-state index contributed by atoms with van der Waals surface area (Å²) in [5.41, 5.74) is 0.743. The zero-order valence-corrected chi connectivity index (χ0v) is 26.5. The van der Waals surface area contributed by atoms with E-state index in [4.69, 9.17) is 14.2 Å². The van der Waals surface area contributed by atoms with Crippen molar-refractivity contribution in [3.63, 3.8) is 0 Å². The van der Waals surface area contributed by atoms with Gasteiger partial charge in [0.1, 0.15) is 12.1 Å². The average Bonchev–Trinajstić information content (AvgIpc) is 3.50. The molecule has 1 saturated carbocycles. The number of fused-ring (bicyclic) bond motifs is 4. The van der Waals surface area contributed by atoms with Gasteiger partial charge < -0.3 is 24.2 Å². The lowest BCUT2D eigenvalue weighted by Crippen LogP contribution is -2.52. The smallest absolute Gasteiger partial charge is 0.310 e. The summed E-state index contributed by atoms with van der Waals surface area (Å²) in [7, 11) is -3.63. The molecule has 5 atom stereocenters. The van der Waals surface area contributed by atoms with Crippen molar-refractivity contribution in [1.82, 2.24) is 9.21 Å². The molecule has 4 aliphatic heterocycles. The Morgan fingerprint density at radius 3 is 2.41 bits per heavy atom. The maximum Gasteiger partial charge on any atom is 0.310 e. The SMILES string of the molecule is O=C(O[C@@H]1C[C@H]2C(=O)C[C@]3(C(=O)O)C[C@H]3/C=C\CCCCC[C@H](N3CCCS3(=O)=O)C(=O)N2C1)C1Cc2cc3c(cc2C1)OCO3. The predicted molar refractivity (Wildman–Crippen MR) is 162 cm³/mol. The number of carboxylic acids is 1. The summed E-state index contributed by atoms with van der Waals surface area (Å²) in [5.74, 6) is -1.79. The fourth-order valence-corrected chi connectivity index (χ4v) is 9.75. The molecule has 7 rings (SSSR count). The van der Waals surface area contributed by atoms with Gasteiger partial charge in [0.15, 0.2) is 17.3 Å². The van der Waals surface area contributed by atoms with E-state index < -0.39 is 63.2 Å². The van der Waals surface area contributed by atoms with Crippen molar-refractivity contribution in [2.24, 2.45) is 17.3 Å². The van der Waals surface area contributed by atoms with Crippen molar-refractivity contribution in [3.8, 4) is 11.5 Å². The molecule has 2 saturated heterocycles. The normalized spacial score (nSPS) is 33.4. The molecular formula is C33H40N2O10S. The second kappa shape index (κ2) is 12.0. The molecule has 0 spiro atoms. The van der Waals surface area contributed by atoms with E-state index in [9.17, 15) is 32.7 Å². The highest BCUT2D eigenvalue weighted by molar-refractivity contribution is 7.89. The van der Waals surface area contributed by atoms with Crippen LogP contribution < -0.4 is 9.47 Å². The minimum Gasteiger partial charge on any atom is -0.481 e. The van der Waals surface area contributed by atoms with E-state index in [1.807, 2.05) is 24.3 Å². The van der Waals surface area contributed by atoms with Gasteiger partial charge in [0.2, 0.25) is 22.7 Å². The van der Waals surface area contributed by atoms with Crippen LogP contribution in [-0.4, -0.2) is 90.2 Å². The van der Waals surface area contributed by atoms with E-state index >= 15 is 0 Å². The van der Waals surface area contributed by atoms with Gasteiger partial charge in [0.05, 0.1) is 29.7 Å². The van der Waals surface area contributed by atoms with Crippen LogP contribution in [0, 0.1) is 17.3 Å². The van der Waals surface area contributed by atoms with Gasteiger partial charge in [0.25, 0.3) is 0 Å². The molecule has 1 aromatic carbocycles. The van der Waals surface area contributed by atoms with Gasteiger partial charge in [-0.15, -0.1) is 0 Å². The van der Waals surface area contributed by atoms with Crippen LogP contribution in [0.15, 0.2) is 24.3 Å². The number of ketones is 1. The molecule has 0 radical (unpaired) electrons. The molecule has 0 unspecified atom stereocenters. The van der Waals surface area contributed by atoms with Crippen molar-refractivity contribution in [3.05, 3.63) is 35.4 Å². The first-order valence-corrected chi connectivity index (χ1v) is 18.0. The van der Waals surface area contributed by atoms with Crippen LogP contribution >= 0.6 is 0 Å². The highest BCUT2D eigenvalue weighted by Crippen LogP contribution is 2.57. The largest absolute Gasteiger partial charge is 0.481 e. The number of rotatable bonds is 4. The Bertz CT molecular complexity index is 1560. The maximum absolute atomic E-state index is 14.3. The molecule has 46 heavy (non-hydrogen) atoms. The molecule has 6 aliphatic rings. The van der Waals surface area contributed by atoms with Gasteiger partial charge in [-0.25, -0.2) is 8.42 Å². The Morgan fingerprint density at radius 1 is 1.00 bits per heavy atom. The Labute approximate surface area is 268 Å². The van der Waals surface area contributed by atoms with E-state index in [-0.39, 0.29) is 44.4 Å². The molecule has 13 heteroatoms. The number of amides is 1. The summed E-state index contributed by atoms with van der Waals surface area (Å²) in [6.07, 6.45) is 7.90. The summed E-state index contributed by atoms with van der Waals surface area (Å²) in [5, 5.41) is 10.1. The number of carbonyl (C=O) groups is 4. The number of benzene rings is 1. The Balaban J connectivity index is 1.13. The number of aliphatic carboxylic acids is 1. The first-order chi connectivity index (χ1) is 22.1. The van der Waals surface area contributed by atoms with E-state index in [1.54, 1.807) is 0 Å². The quantitative estimate of drug-likeness (QED) is 0.378. The van der Waals surface area contributed by atoms with Crippen molar-refractivity contribution in [2.75, 3.05) is 25.6 Å². The third-order valence-electron chi connectivity index (χ3n) is 10.7. The van der Waals surface area contributed by atoms with Gasteiger partial charge in [-0.05, 0) is 74.1 Å². The van der Waals surface area contributed by atoms with Gasteiger partial charge in [-0.3, -0.25) is 19.2 Å². The molecule has 1 aromatic rings. The number of ether oxygens (including phenoxy) is 3. The zero-order valence-electron chi connectivity index (χ0n) is 25.7. The van der Waals surface area contributed by atoms with Crippen molar-refractivity contribution in [1.29, 1.82) is 0 Å². The van der Waals surface area contributed by atoms with Gasteiger partial charge in [0, 0.05) is 19.4 Å². The molecule has 0 bridgehead atoms. The van der Waals surface area contributed by atoms with Crippen LogP contribution in [0.3, 0.4) is 0 Å². The first-order valence-electron chi connectivity index (χ1n) is 16.4. The van der Waals surface area contributed by atoms with Crippen LogP contribution in [0.5, 0.6) is 11.5 Å². The summed E-state index contributed by atoms with van der Waals surface area (Å²) in [4.78, 5) is 55.5. The van der Waals surface area contributed by atoms with Gasteiger partial charge in [-0.1, -0.05) is 25.0 Å². The van der Waals surface area contributed by atoms with Crippen LogP contribution in [-0.2, 0) is 46.8 Å². The van der Waals surface area contributed by atoms with Gasteiger partial charge in [-0.2, -0.15) is 4.31 Å². The average molecular weight is 657 g/mol. The number of sulfonamides is 1. The molecular weight excluding hydrogens is 616 g/mol. The number of hydrogen-bond acceptors (Lipinski definition) is 9. The molecule has 12 nitrogen and oxygen atoms in total. The van der Waals surface area contributed by atoms with E-state index in [0.717, 1.165) is 30.4 Å². The maximum atomic E-state index is 14.3. The van der Waals surface area contributed by atoms with Crippen LogP contribution in [0.25, 0.3) is 0 Å². The molecule has 3 fully saturated rings. The Hall–Kier alpha value is -3.45. The number of hydrogen-bond donors (Lipinski definition) is 1. The summed E-state index contributed by atoms with van der Waals surface area (Å²) in [6, 6.07) is 1.80. The lowest BCUT2D eigenvalue weighted by atomic mass is 9.92. The molecule has 1 amide bonds. The highest BCUT2D eigenvalue weighted by atomic mass is 32.2. The predicted octanol–water partition coefficient (Wildman–Crippen LogP) is 2.62. The van der Waals surface area contributed by atoms with E-state index in [2.05, 4.69) is 0 Å². The third kappa shape index (κ3) is 5.69. The van der Waals surface area contributed by atoms with Crippen LogP contribution in [0.1, 0.15) is 68.9 Å². The van der Waals surface area contributed by atoms with E-state index in [0.29, 0.717) is 50.0 Å². The fourth-order valence-electron chi connectivity index (χ4n) is 8.04. The summed E-state index contributed by atoms with van der Waals surface area (Å²) >= 11 is 0. The number of esters is 1. The number of allylic oxidation sites excluding steroid dienone is 2. The second-order valence-corrected chi connectivity index (χ2v) is 15.7. The van der Waals surface area contributed by atoms with E-state index in [1.165, 1.54) is 9.21 Å². The number of Topliss-reactive ketones (excluding diaryl/α,β-unsaturated/α-hetero) is 1.